The van der Waals surface area contributed by atoms with Crippen molar-refractivity contribution in [2.45, 2.75) is 20.4 Å². The van der Waals surface area contributed by atoms with E-state index < -0.39 is 5.97 Å². The molecule has 0 aliphatic carbocycles. The maximum atomic E-state index is 12.7. The van der Waals surface area contributed by atoms with E-state index >= 15 is 0 Å². The monoisotopic (exact) mass is 313 g/mol. The number of fused-ring (bicyclic) bond motifs is 3. The Morgan fingerprint density at radius 1 is 1.26 bits per heavy atom. The number of hydrogen-bond donors (Lipinski definition) is 1. The van der Waals surface area contributed by atoms with Crippen molar-refractivity contribution in [3.05, 3.63) is 50.7 Å². The first-order chi connectivity index (χ1) is 11.0. The van der Waals surface area contributed by atoms with E-state index in [9.17, 15) is 14.4 Å². The molecular weight excluding hydrogens is 298 g/mol. The molecular formula is C16H15N3O4. The maximum absolute atomic E-state index is 12.7. The first kappa shape index (κ1) is 15.0. The number of nitrogens with zero attached hydrogens (tertiary/aromatic N) is 2. The molecule has 23 heavy (non-hydrogen) atoms. The van der Waals surface area contributed by atoms with Crippen LogP contribution in [0.15, 0.2) is 33.9 Å². The number of esters is 1. The smallest absolute Gasteiger partial charge is 0.302 e. The summed E-state index contributed by atoms with van der Waals surface area (Å²) >= 11 is 0. The van der Waals surface area contributed by atoms with Gasteiger partial charge in [-0.05, 0) is 13.0 Å². The quantitative estimate of drug-likeness (QED) is 0.577. The highest BCUT2D eigenvalue weighted by atomic mass is 16.5. The van der Waals surface area contributed by atoms with E-state index in [0.29, 0.717) is 22.0 Å². The molecule has 7 heteroatoms. The number of aryl methyl sites for hydroxylation is 1. The van der Waals surface area contributed by atoms with Crippen molar-refractivity contribution in [2.24, 2.45) is 0 Å². The zero-order valence-corrected chi connectivity index (χ0v) is 12.8. The number of para-hydroxylation sites is 1. The second kappa shape index (κ2) is 5.68. The lowest BCUT2D eigenvalue weighted by atomic mass is 10.1. The van der Waals surface area contributed by atoms with Crippen molar-refractivity contribution >= 4 is 27.6 Å². The Hall–Kier alpha value is -2.96. The summed E-state index contributed by atoms with van der Waals surface area (Å²) in [5.41, 5.74) is 0.335. The van der Waals surface area contributed by atoms with Crippen LogP contribution in [0.3, 0.4) is 0 Å². The molecule has 0 saturated heterocycles. The molecule has 0 aliphatic rings. The fourth-order valence-electron chi connectivity index (χ4n) is 2.64. The Bertz CT molecular complexity index is 1030. The van der Waals surface area contributed by atoms with E-state index in [1.807, 2.05) is 0 Å². The number of carbonyl (C=O) groups excluding carboxylic acids is 1. The van der Waals surface area contributed by atoms with Crippen LogP contribution >= 0.6 is 0 Å². The Labute approximate surface area is 130 Å². The number of nitrogens with one attached hydrogen (secondary N) is 1. The highest BCUT2D eigenvalue weighted by Gasteiger charge is 2.14. The Morgan fingerprint density at radius 3 is 2.74 bits per heavy atom. The van der Waals surface area contributed by atoms with E-state index in [-0.39, 0.29) is 29.7 Å². The minimum absolute atomic E-state index is 0.0499. The van der Waals surface area contributed by atoms with Gasteiger partial charge >= 0.3 is 5.97 Å². The van der Waals surface area contributed by atoms with Crippen molar-refractivity contribution in [1.82, 2.24) is 14.8 Å². The number of hydrogen-bond acceptors (Lipinski definition) is 5. The molecule has 0 fully saturated rings. The molecule has 2 aromatic heterocycles. The average Bonchev–Trinajstić information content (AvgIpc) is 2.50. The summed E-state index contributed by atoms with van der Waals surface area (Å²) in [6, 6.07) is 7.12. The van der Waals surface area contributed by atoms with E-state index in [4.69, 9.17) is 4.74 Å². The number of rotatable bonds is 3. The van der Waals surface area contributed by atoms with Crippen molar-refractivity contribution < 1.29 is 9.53 Å². The topological polar surface area (TPSA) is 94.1 Å². The molecule has 0 saturated carbocycles. The summed E-state index contributed by atoms with van der Waals surface area (Å²) in [6.45, 7) is 3.16. The molecule has 0 spiro atoms. The maximum Gasteiger partial charge on any atom is 0.302 e. The lowest BCUT2D eigenvalue weighted by molar-refractivity contribution is -0.141. The molecule has 3 aromatic rings. The second-order valence-corrected chi connectivity index (χ2v) is 5.20. The van der Waals surface area contributed by atoms with Crippen LogP contribution in [-0.4, -0.2) is 27.3 Å². The van der Waals surface area contributed by atoms with E-state index in [2.05, 4.69) is 10.1 Å². The number of H-pyrrole nitrogens is 1. The first-order valence-corrected chi connectivity index (χ1v) is 7.15. The van der Waals surface area contributed by atoms with Crippen LogP contribution in [0.4, 0.5) is 0 Å². The van der Waals surface area contributed by atoms with Gasteiger partial charge in [0.2, 0.25) is 0 Å². The van der Waals surface area contributed by atoms with Gasteiger partial charge in [0.25, 0.3) is 11.1 Å². The lowest BCUT2D eigenvalue weighted by Gasteiger charge is -2.10. The molecule has 0 atom stereocenters. The van der Waals surface area contributed by atoms with Gasteiger partial charge in [-0.1, -0.05) is 18.2 Å². The minimum Gasteiger partial charge on any atom is -0.464 e. The summed E-state index contributed by atoms with van der Waals surface area (Å²) in [5.74, 6) is -0.419. The van der Waals surface area contributed by atoms with Crippen molar-refractivity contribution in [2.75, 3.05) is 6.61 Å². The predicted molar refractivity (Wildman–Crippen MR) is 85.5 cm³/mol. The van der Waals surface area contributed by atoms with Crippen LogP contribution in [0.2, 0.25) is 0 Å². The Kier molecular flexibility index (Phi) is 3.69. The summed E-state index contributed by atoms with van der Waals surface area (Å²) in [7, 11) is 0. The lowest BCUT2D eigenvalue weighted by Crippen LogP contribution is -2.28. The summed E-state index contributed by atoms with van der Waals surface area (Å²) in [4.78, 5) is 38.6. The standard InChI is InChI=1S/C16H15N3O4/c1-9-13-14(11-5-3-4-6-12(11)17-15(13)21)16(22)19(18-9)7-8-23-10(2)20/h3-6H,7-8H2,1-2H3,(H,17,21). The third kappa shape index (κ3) is 2.61. The number of benzene rings is 1. The van der Waals surface area contributed by atoms with Crippen LogP contribution in [0, 0.1) is 6.92 Å². The highest BCUT2D eigenvalue weighted by molar-refractivity contribution is 6.05. The second-order valence-electron chi connectivity index (χ2n) is 5.20. The van der Waals surface area contributed by atoms with Crippen LogP contribution < -0.4 is 11.1 Å². The minimum atomic E-state index is -0.419. The van der Waals surface area contributed by atoms with Crippen LogP contribution in [0.25, 0.3) is 21.7 Å². The van der Waals surface area contributed by atoms with Crippen molar-refractivity contribution in [3.63, 3.8) is 0 Å². The highest BCUT2D eigenvalue weighted by Crippen LogP contribution is 2.18. The third-order valence-electron chi connectivity index (χ3n) is 3.61. The Balaban J connectivity index is 2.28. The number of carbonyl (C=O) groups is 1. The van der Waals surface area contributed by atoms with Gasteiger partial charge in [0.15, 0.2) is 0 Å². The fraction of sp³-hybridized carbons (Fsp3) is 0.250. The van der Waals surface area contributed by atoms with Gasteiger partial charge < -0.3 is 9.72 Å². The third-order valence-corrected chi connectivity index (χ3v) is 3.61. The fourth-order valence-corrected chi connectivity index (χ4v) is 2.64. The number of aromatic nitrogens is 3. The number of pyridine rings is 1. The zero-order chi connectivity index (χ0) is 16.6. The molecule has 0 unspecified atom stereocenters. The van der Waals surface area contributed by atoms with Gasteiger partial charge in [-0.3, -0.25) is 14.4 Å². The molecule has 0 amide bonds. The van der Waals surface area contributed by atoms with E-state index in [0.717, 1.165) is 0 Å². The van der Waals surface area contributed by atoms with Crippen LogP contribution in [-0.2, 0) is 16.1 Å². The summed E-state index contributed by atoms with van der Waals surface area (Å²) < 4.78 is 6.09. The zero-order valence-electron chi connectivity index (χ0n) is 12.8. The summed E-state index contributed by atoms with van der Waals surface area (Å²) in [6.07, 6.45) is 0. The molecule has 0 aliphatic heterocycles. The largest absolute Gasteiger partial charge is 0.464 e. The van der Waals surface area contributed by atoms with Gasteiger partial charge in [0.05, 0.1) is 23.0 Å². The van der Waals surface area contributed by atoms with Crippen LogP contribution in [0.1, 0.15) is 12.6 Å². The SMILES string of the molecule is CC(=O)OCCn1nc(C)c2c(=O)[nH]c3ccccc3c2c1=O. The molecule has 1 N–H and O–H groups in total. The van der Waals surface area contributed by atoms with Crippen molar-refractivity contribution in [1.29, 1.82) is 0 Å². The molecule has 7 nitrogen and oxygen atoms in total. The Morgan fingerprint density at radius 2 is 2.00 bits per heavy atom. The van der Waals surface area contributed by atoms with Crippen molar-refractivity contribution in [3.8, 4) is 0 Å². The first-order valence-electron chi connectivity index (χ1n) is 7.15. The molecule has 0 radical (unpaired) electrons. The van der Waals surface area contributed by atoms with Gasteiger partial charge in [-0.25, -0.2) is 4.68 Å². The number of ether oxygens (including phenoxy) is 1. The molecule has 3 rings (SSSR count). The number of aromatic amines is 1. The average molecular weight is 313 g/mol. The summed E-state index contributed by atoms with van der Waals surface area (Å²) in [5, 5.41) is 5.45. The van der Waals surface area contributed by atoms with Gasteiger partial charge in [-0.15, -0.1) is 0 Å². The normalized spacial score (nSPS) is 11.0. The van der Waals surface area contributed by atoms with Gasteiger partial charge in [-0.2, -0.15) is 5.10 Å². The molecule has 1 aromatic carbocycles. The van der Waals surface area contributed by atoms with E-state index in [1.54, 1.807) is 31.2 Å². The van der Waals surface area contributed by atoms with Crippen LogP contribution in [0.5, 0.6) is 0 Å². The molecule has 118 valence electrons. The molecule has 0 bridgehead atoms. The van der Waals surface area contributed by atoms with E-state index in [1.165, 1.54) is 11.6 Å². The molecule has 2 heterocycles. The predicted octanol–water partition coefficient (Wildman–Crippen LogP) is 1.11. The van der Waals surface area contributed by atoms with Gasteiger partial charge in [0, 0.05) is 17.8 Å². The van der Waals surface area contributed by atoms with Gasteiger partial charge in [0.1, 0.15) is 6.61 Å².